The van der Waals surface area contributed by atoms with E-state index in [1.54, 1.807) is 11.0 Å². The quantitative estimate of drug-likeness (QED) is 0.495. The van der Waals surface area contributed by atoms with Gasteiger partial charge in [-0.05, 0) is 12.8 Å². The molecule has 0 aliphatic carbocycles. The number of nitrogens with two attached hydrogens (primary N) is 1. The molecule has 2 rings (SSSR count). The molecule has 18 heavy (non-hydrogen) atoms. The van der Waals surface area contributed by atoms with Gasteiger partial charge in [0.25, 0.3) is 0 Å². The van der Waals surface area contributed by atoms with Crippen molar-refractivity contribution in [2.75, 3.05) is 19.6 Å². The second kappa shape index (κ2) is 8.28. The van der Waals surface area contributed by atoms with Crippen LogP contribution >= 0.6 is 24.0 Å². The Hall–Kier alpha value is -0.860. The van der Waals surface area contributed by atoms with Crippen molar-refractivity contribution in [3.8, 4) is 0 Å². The van der Waals surface area contributed by atoms with Gasteiger partial charge in [-0.2, -0.15) is 5.10 Å². The van der Waals surface area contributed by atoms with Crippen LogP contribution in [0.25, 0.3) is 0 Å². The van der Waals surface area contributed by atoms with E-state index in [0.717, 1.165) is 19.6 Å². The summed E-state index contributed by atoms with van der Waals surface area (Å²) in [6.07, 6.45) is 8.28. The van der Waals surface area contributed by atoms with Crippen molar-refractivity contribution in [1.82, 2.24) is 19.7 Å². The maximum Gasteiger partial charge on any atom is 0.191 e. The first-order valence-electron chi connectivity index (χ1n) is 6.23. The van der Waals surface area contributed by atoms with Gasteiger partial charge < -0.3 is 10.6 Å². The van der Waals surface area contributed by atoms with Crippen LogP contribution in [-0.4, -0.2) is 45.3 Å². The molecule has 1 aromatic heterocycles. The van der Waals surface area contributed by atoms with Gasteiger partial charge in [0.15, 0.2) is 5.96 Å². The molecule has 0 spiro atoms. The second-order valence-corrected chi connectivity index (χ2v) is 4.30. The largest absolute Gasteiger partial charge is 0.370 e. The van der Waals surface area contributed by atoms with E-state index in [-0.39, 0.29) is 24.0 Å². The molecule has 0 aromatic carbocycles. The predicted octanol–water partition coefficient (Wildman–Crippen LogP) is 1.09. The molecule has 0 unspecified atom stereocenters. The van der Waals surface area contributed by atoms with Crippen molar-refractivity contribution in [2.24, 2.45) is 10.7 Å². The van der Waals surface area contributed by atoms with E-state index in [0.29, 0.717) is 12.5 Å². The van der Waals surface area contributed by atoms with Gasteiger partial charge in [-0.15, -0.1) is 24.0 Å². The summed E-state index contributed by atoms with van der Waals surface area (Å²) in [5.74, 6) is 0.673. The first kappa shape index (κ1) is 15.2. The Morgan fingerprint density at radius 3 is 2.56 bits per heavy atom. The molecule has 102 valence electrons. The molecule has 0 atom stereocenters. The number of rotatable bonds is 3. The van der Waals surface area contributed by atoms with Gasteiger partial charge >= 0.3 is 0 Å². The molecule has 0 radical (unpaired) electrons. The Bertz CT molecular complexity index is 342. The maximum atomic E-state index is 5.99. The second-order valence-electron chi connectivity index (χ2n) is 4.30. The summed E-state index contributed by atoms with van der Waals surface area (Å²) in [5, 5.41) is 4.02. The van der Waals surface area contributed by atoms with E-state index < -0.39 is 0 Å². The minimum atomic E-state index is 0. The Labute approximate surface area is 125 Å². The molecular weight excluding hydrogens is 343 g/mol. The lowest BCUT2D eigenvalue weighted by Gasteiger charge is -2.21. The molecular formula is C11H21IN6. The Morgan fingerprint density at radius 1 is 1.22 bits per heavy atom. The van der Waals surface area contributed by atoms with Crippen molar-refractivity contribution >= 4 is 29.9 Å². The van der Waals surface area contributed by atoms with Crippen LogP contribution in [0.3, 0.4) is 0 Å². The van der Waals surface area contributed by atoms with Gasteiger partial charge in [0.1, 0.15) is 12.7 Å². The molecule has 1 aromatic rings. The summed E-state index contributed by atoms with van der Waals surface area (Å²) in [4.78, 5) is 10.5. The molecule has 2 heterocycles. The third-order valence-corrected chi connectivity index (χ3v) is 3.00. The number of nitrogens with zero attached hydrogens (tertiary/aromatic N) is 5. The third-order valence-electron chi connectivity index (χ3n) is 3.00. The Balaban J connectivity index is 0.00000162. The van der Waals surface area contributed by atoms with Crippen LogP contribution in [0.15, 0.2) is 17.6 Å². The summed E-state index contributed by atoms with van der Waals surface area (Å²) in [6, 6.07) is 0. The minimum Gasteiger partial charge on any atom is -0.370 e. The summed E-state index contributed by atoms with van der Waals surface area (Å²) < 4.78 is 1.76. The zero-order valence-corrected chi connectivity index (χ0v) is 12.9. The van der Waals surface area contributed by atoms with Gasteiger partial charge in [-0.25, -0.2) is 4.98 Å². The Kier molecular flexibility index (Phi) is 6.99. The standard InChI is InChI=1S/C11H20N6.HI/c12-11(16-6-3-1-2-4-7-16)14-5-8-17-10-13-9-15-17;/h9-10H,1-8H2,(H2,12,14);1H. The van der Waals surface area contributed by atoms with Gasteiger partial charge in [0, 0.05) is 13.1 Å². The number of guanidine groups is 1. The molecule has 0 saturated carbocycles. The van der Waals surface area contributed by atoms with Gasteiger partial charge in [0.2, 0.25) is 0 Å². The lowest BCUT2D eigenvalue weighted by molar-refractivity contribution is 0.427. The molecule has 1 fully saturated rings. The monoisotopic (exact) mass is 364 g/mol. The highest BCUT2D eigenvalue weighted by atomic mass is 127. The molecule has 2 N–H and O–H groups in total. The molecule has 1 aliphatic rings. The summed E-state index contributed by atoms with van der Waals surface area (Å²) in [5.41, 5.74) is 5.99. The zero-order chi connectivity index (χ0) is 11.9. The highest BCUT2D eigenvalue weighted by Gasteiger charge is 2.10. The van der Waals surface area contributed by atoms with E-state index in [9.17, 15) is 0 Å². The van der Waals surface area contributed by atoms with Crippen LogP contribution in [0, 0.1) is 0 Å². The molecule has 1 aliphatic heterocycles. The topological polar surface area (TPSA) is 72.3 Å². The number of hydrogen-bond donors (Lipinski definition) is 1. The van der Waals surface area contributed by atoms with Gasteiger partial charge in [0.05, 0.1) is 13.1 Å². The number of aromatic nitrogens is 3. The van der Waals surface area contributed by atoms with Crippen LogP contribution in [0.2, 0.25) is 0 Å². The number of hydrogen-bond acceptors (Lipinski definition) is 3. The number of halogens is 1. The summed E-state index contributed by atoms with van der Waals surface area (Å²) in [6.45, 7) is 3.47. The summed E-state index contributed by atoms with van der Waals surface area (Å²) >= 11 is 0. The fourth-order valence-electron chi connectivity index (χ4n) is 2.01. The van der Waals surface area contributed by atoms with Crippen LogP contribution in [0.1, 0.15) is 25.7 Å². The predicted molar refractivity (Wildman–Crippen MR) is 82.0 cm³/mol. The maximum absolute atomic E-state index is 5.99. The van der Waals surface area contributed by atoms with Gasteiger partial charge in [-0.3, -0.25) is 9.67 Å². The average Bonchev–Trinajstić information content (AvgIpc) is 2.69. The first-order valence-corrected chi connectivity index (χ1v) is 6.23. The average molecular weight is 364 g/mol. The lowest BCUT2D eigenvalue weighted by atomic mass is 10.2. The molecule has 6 nitrogen and oxygen atoms in total. The minimum absolute atomic E-state index is 0. The Morgan fingerprint density at radius 2 is 1.94 bits per heavy atom. The van der Waals surface area contributed by atoms with Crippen molar-refractivity contribution in [3.63, 3.8) is 0 Å². The van der Waals surface area contributed by atoms with Gasteiger partial charge in [-0.1, -0.05) is 12.8 Å². The van der Waals surface area contributed by atoms with Crippen molar-refractivity contribution in [2.45, 2.75) is 32.2 Å². The first-order chi connectivity index (χ1) is 8.36. The fourth-order valence-corrected chi connectivity index (χ4v) is 2.01. The van der Waals surface area contributed by atoms with Crippen LogP contribution in [0.4, 0.5) is 0 Å². The van der Waals surface area contributed by atoms with Crippen molar-refractivity contribution < 1.29 is 0 Å². The highest BCUT2D eigenvalue weighted by molar-refractivity contribution is 14.0. The van der Waals surface area contributed by atoms with E-state index >= 15 is 0 Å². The zero-order valence-electron chi connectivity index (χ0n) is 10.5. The van der Waals surface area contributed by atoms with E-state index in [1.165, 1.54) is 32.0 Å². The normalized spacial score (nSPS) is 17.1. The number of aliphatic imine (C=N–C) groups is 1. The molecule has 0 amide bonds. The smallest absolute Gasteiger partial charge is 0.191 e. The van der Waals surface area contributed by atoms with Crippen LogP contribution in [-0.2, 0) is 6.54 Å². The van der Waals surface area contributed by atoms with E-state index in [4.69, 9.17) is 5.73 Å². The van der Waals surface area contributed by atoms with Crippen molar-refractivity contribution in [3.05, 3.63) is 12.7 Å². The summed E-state index contributed by atoms with van der Waals surface area (Å²) in [7, 11) is 0. The fraction of sp³-hybridized carbons (Fsp3) is 0.727. The third kappa shape index (κ3) is 4.79. The van der Waals surface area contributed by atoms with Crippen LogP contribution < -0.4 is 5.73 Å². The SMILES string of the molecule is I.NC(=NCCn1cncn1)N1CCCCCC1. The molecule has 1 saturated heterocycles. The number of likely N-dealkylation sites (tertiary alicyclic amines) is 1. The molecule has 7 heteroatoms. The lowest BCUT2D eigenvalue weighted by Crippen LogP contribution is -2.38. The highest BCUT2D eigenvalue weighted by Crippen LogP contribution is 2.08. The molecule has 0 bridgehead atoms. The van der Waals surface area contributed by atoms with E-state index in [1.807, 2.05) is 0 Å². The van der Waals surface area contributed by atoms with Crippen LogP contribution in [0.5, 0.6) is 0 Å². The van der Waals surface area contributed by atoms with Crippen molar-refractivity contribution in [1.29, 1.82) is 0 Å². The van der Waals surface area contributed by atoms with E-state index in [2.05, 4.69) is 20.0 Å².